The minimum atomic E-state index is -3.48. The Hall–Kier alpha value is -2.24. The Morgan fingerprint density at radius 1 is 0.889 bits per heavy atom. The fourth-order valence-corrected chi connectivity index (χ4v) is 22.2. The van der Waals surface area contributed by atoms with Crippen molar-refractivity contribution >= 4 is 34.8 Å². The normalized spacial score (nSPS) is 38.1. The lowest BCUT2D eigenvalue weighted by Crippen LogP contribution is -2.82. The average molecular weight is 787 g/mol. The molecule has 4 fully saturated rings. The molecule has 0 spiro atoms. The molecule has 54 heavy (non-hydrogen) atoms. The zero-order valence-corrected chi connectivity index (χ0v) is 36.4. The molecule has 11 nitrogen and oxygen atoms in total. The summed E-state index contributed by atoms with van der Waals surface area (Å²) in [7, 11) is -6.86. The van der Waals surface area contributed by atoms with Gasteiger partial charge in [-0.05, 0) is 59.3 Å². The van der Waals surface area contributed by atoms with Gasteiger partial charge in [0.1, 0.15) is 23.9 Å². The smallest absolute Gasteiger partial charge is 0.338 e. The highest BCUT2D eigenvalue weighted by Crippen LogP contribution is 2.66. The fourth-order valence-electron chi connectivity index (χ4n) is 10.9. The van der Waals surface area contributed by atoms with E-state index >= 15 is 4.79 Å². The van der Waals surface area contributed by atoms with E-state index < -0.39 is 87.5 Å². The quantitative estimate of drug-likeness (QED) is 0.173. The fraction of sp³-hybridized carbons (Fsp3) is 0.732. The number of carbonyl (C=O) groups is 3. The van der Waals surface area contributed by atoms with Crippen LogP contribution >= 0.6 is 0 Å². The number of rotatable bonds is 7. The summed E-state index contributed by atoms with van der Waals surface area (Å²) in [4.78, 5) is 43.8. The van der Waals surface area contributed by atoms with Crippen LogP contribution in [0.4, 0.5) is 0 Å². The highest BCUT2D eigenvalue weighted by atomic mass is 28.5. The van der Waals surface area contributed by atoms with Gasteiger partial charge in [0.2, 0.25) is 0 Å². The topological polar surface area (TPSA) is 147 Å². The Morgan fingerprint density at radius 2 is 1.44 bits per heavy atom. The van der Waals surface area contributed by atoms with Gasteiger partial charge < -0.3 is 37.4 Å². The Bertz CT molecular complexity index is 1670. The van der Waals surface area contributed by atoms with Crippen LogP contribution in [0.3, 0.4) is 0 Å². The van der Waals surface area contributed by atoms with Crippen LogP contribution in [0.5, 0.6) is 0 Å². The summed E-state index contributed by atoms with van der Waals surface area (Å²) in [6.45, 7) is 25.2. The average Bonchev–Trinajstić information content (AvgIpc) is 3.11. The Morgan fingerprint density at radius 3 is 1.94 bits per heavy atom. The van der Waals surface area contributed by atoms with Gasteiger partial charge in [0.05, 0.1) is 35.7 Å². The Kier molecular flexibility index (Phi) is 10.5. The molecular formula is C41H62O11Si2. The van der Waals surface area contributed by atoms with Crippen molar-refractivity contribution < 1.29 is 51.8 Å². The lowest BCUT2D eigenvalue weighted by atomic mass is 9.44. The van der Waals surface area contributed by atoms with Gasteiger partial charge in [-0.1, -0.05) is 87.4 Å². The summed E-state index contributed by atoms with van der Waals surface area (Å²) in [5, 5.41) is 25.6. The van der Waals surface area contributed by atoms with Crippen LogP contribution in [0.25, 0.3) is 0 Å². The van der Waals surface area contributed by atoms with Gasteiger partial charge in [0.25, 0.3) is 0 Å². The number of carbonyl (C=O) groups excluding carboxylic acids is 3. The van der Waals surface area contributed by atoms with Crippen molar-refractivity contribution in [2.24, 2.45) is 16.7 Å². The minimum absolute atomic E-state index is 0.0817. The number of Topliss-reactive ketones (excluding diaryl/α,β-unsaturated/α-hetero) is 1. The van der Waals surface area contributed by atoms with Crippen molar-refractivity contribution in [1.82, 2.24) is 0 Å². The first-order valence-electron chi connectivity index (χ1n) is 19.8. The third-order valence-electron chi connectivity index (χ3n) is 14.1. The van der Waals surface area contributed by atoms with Crippen LogP contribution in [-0.4, -0.2) is 93.4 Å². The number of hydrogen-bond acceptors (Lipinski definition) is 11. The first kappa shape index (κ1) is 41.4. The predicted molar refractivity (Wildman–Crippen MR) is 206 cm³/mol. The van der Waals surface area contributed by atoms with E-state index in [9.17, 15) is 19.8 Å². The summed E-state index contributed by atoms with van der Waals surface area (Å²) >= 11 is 0. The lowest BCUT2D eigenvalue weighted by Gasteiger charge is -2.68. The van der Waals surface area contributed by atoms with Gasteiger partial charge in [0, 0.05) is 25.2 Å². The summed E-state index contributed by atoms with van der Waals surface area (Å²) < 4.78 is 42.1. The largest absolute Gasteiger partial charge is 0.455 e. The van der Waals surface area contributed by atoms with Gasteiger partial charge in [-0.3, -0.25) is 9.59 Å². The van der Waals surface area contributed by atoms with Crippen LogP contribution in [0.1, 0.15) is 113 Å². The lowest BCUT2D eigenvalue weighted by molar-refractivity contribution is -0.344. The number of aliphatic hydroxyl groups excluding tert-OH is 1. The molecule has 5 aliphatic rings. The van der Waals surface area contributed by atoms with Crippen LogP contribution in [-0.2, 0) is 36.8 Å². The second-order valence-electron chi connectivity index (χ2n) is 18.5. The van der Waals surface area contributed by atoms with Gasteiger partial charge in [-0.15, -0.1) is 0 Å². The summed E-state index contributed by atoms with van der Waals surface area (Å²) in [5.74, 6) is -2.85. The maximum absolute atomic E-state index is 16.3. The molecule has 2 saturated carbocycles. The maximum atomic E-state index is 16.3. The van der Waals surface area contributed by atoms with Crippen molar-refractivity contribution in [2.45, 2.75) is 167 Å². The van der Waals surface area contributed by atoms with Crippen LogP contribution in [0, 0.1) is 16.7 Å². The van der Waals surface area contributed by atoms with Crippen molar-refractivity contribution in [3.8, 4) is 0 Å². The molecule has 2 N–H and O–H groups in total. The molecule has 3 aliphatic carbocycles. The number of fused-ring (bicyclic) bond motifs is 6. The van der Waals surface area contributed by atoms with Crippen molar-refractivity contribution in [1.29, 1.82) is 0 Å². The second-order valence-corrected chi connectivity index (χ2v) is 27.3. The molecular weight excluding hydrogens is 725 g/mol. The maximum Gasteiger partial charge on any atom is 0.338 e. The highest BCUT2D eigenvalue weighted by Gasteiger charge is 2.80. The zero-order chi connectivity index (χ0) is 40.1. The monoisotopic (exact) mass is 786 g/mol. The van der Waals surface area contributed by atoms with E-state index in [1.54, 1.807) is 37.3 Å². The Labute approximate surface area is 322 Å². The van der Waals surface area contributed by atoms with Crippen molar-refractivity contribution in [3.63, 3.8) is 0 Å². The standard InChI is InChI=1S/C41H62O11Si2/c1-22(2)53(23(3)4)50-30-19-31-40(21-47-31,49-27(10)42)34-36(48-37(45)28-17-15-14-16-18-28)41(46)20-29(43)26(9)32(38(41,11)12)33(35(44)39(30,34)13)51-54(52-53,24(5)6)25(7)8/h14-18,22-25,29-31,33-34,36,43,46H,19-21H2,1-13H3/t29-,30-,31+,33+,34?,36-,39+,40-,41+/m0/s1. The molecule has 2 saturated heterocycles. The van der Waals surface area contributed by atoms with E-state index in [1.165, 1.54) is 6.92 Å². The number of benzene rings is 1. The third-order valence-corrected chi connectivity index (χ3v) is 24.3. The molecule has 2 heterocycles. The third kappa shape index (κ3) is 5.65. The van der Waals surface area contributed by atoms with E-state index in [1.807, 2.05) is 20.8 Å². The molecule has 4 bridgehead atoms. The molecule has 9 atom stereocenters. The molecule has 6 rings (SSSR count). The minimum Gasteiger partial charge on any atom is -0.455 e. The number of hydrogen-bond donors (Lipinski definition) is 2. The van der Waals surface area contributed by atoms with Crippen molar-refractivity contribution in [3.05, 3.63) is 47.0 Å². The van der Waals surface area contributed by atoms with E-state index in [-0.39, 0.29) is 53.0 Å². The number of aliphatic hydroxyl groups is 2. The molecule has 1 aromatic carbocycles. The van der Waals surface area contributed by atoms with Gasteiger partial charge >= 0.3 is 29.1 Å². The van der Waals surface area contributed by atoms with E-state index in [0.29, 0.717) is 11.1 Å². The predicted octanol–water partition coefficient (Wildman–Crippen LogP) is 6.69. The molecule has 1 aromatic rings. The molecule has 0 amide bonds. The number of ether oxygens (including phenoxy) is 3. The second kappa shape index (κ2) is 13.7. The van der Waals surface area contributed by atoms with E-state index in [0.717, 1.165) is 0 Å². The molecule has 0 radical (unpaired) electrons. The van der Waals surface area contributed by atoms with E-state index in [2.05, 4.69) is 55.4 Å². The van der Waals surface area contributed by atoms with Crippen LogP contribution in [0.15, 0.2) is 41.5 Å². The van der Waals surface area contributed by atoms with Crippen LogP contribution < -0.4 is 0 Å². The zero-order valence-electron chi connectivity index (χ0n) is 34.4. The molecule has 13 heteroatoms. The summed E-state index contributed by atoms with van der Waals surface area (Å²) in [6, 6.07) is 8.46. The van der Waals surface area contributed by atoms with Gasteiger partial charge in [-0.25, -0.2) is 4.79 Å². The SMILES string of the molecule is CC(=O)O[C@@]12CO[C@@H]1C[C@@H]1O[Si](C(C)C)(C(C)C)O[Si](C(C)C)(C(C)C)O[C@H]3C(=O)[C@@]1(C)C2[C@H](OC(=O)c1ccccc1)[C@]1(O)C[C@H](O)C(C)=C3C1(C)C. The van der Waals surface area contributed by atoms with Gasteiger partial charge in [-0.2, -0.15) is 0 Å². The molecule has 300 valence electrons. The van der Waals surface area contributed by atoms with Crippen LogP contribution in [0.2, 0.25) is 22.2 Å². The number of esters is 2. The summed E-state index contributed by atoms with van der Waals surface area (Å²) in [5.41, 5.74) is -5.62. The first-order chi connectivity index (χ1) is 25.0. The Balaban J connectivity index is 1.77. The molecule has 2 aliphatic heterocycles. The van der Waals surface area contributed by atoms with Gasteiger partial charge in [0.15, 0.2) is 11.4 Å². The van der Waals surface area contributed by atoms with Crippen molar-refractivity contribution in [2.75, 3.05) is 6.61 Å². The number of ketones is 1. The highest BCUT2D eigenvalue weighted by molar-refractivity contribution is 6.84. The van der Waals surface area contributed by atoms with E-state index in [4.69, 9.17) is 27.2 Å². The summed E-state index contributed by atoms with van der Waals surface area (Å²) in [6.07, 6.45) is -5.62. The first-order valence-corrected chi connectivity index (χ1v) is 23.7. The molecule has 1 unspecified atom stereocenters. The molecule has 0 aromatic heterocycles.